The monoisotopic (exact) mass is 444 g/mol. The first-order valence-corrected chi connectivity index (χ1v) is 10.7. The van der Waals surface area contributed by atoms with Crippen LogP contribution in [0.4, 0.5) is 10.5 Å². The number of carbonyl (C=O) groups is 3. The normalized spacial score (nSPS) is 13.8. The molecule has 1 aliphatic rings. The van der Waals surface area contributed by atoms with E-state index in [9.17, 15) is 14.4 Å². The van der Waals surface area contributed by atoms with Gasteiger partial charge in [-0.25, -0.2) is 14.6 Å². The Balaban J connectivity index is 1.20. The average Bonchev–Trinajstić information content (AvgIpc) is 2.86. The number of anilines is 1. The third kappa shape index (κ3) is 5.94. The highest BCUT2D eigenvalue weighted by Crippen LogP contribution is 2.13. The van der Waals surface area contributed by atoms with E-state index in [-0.39, 0.29) is 18.5 Å². The van der Waals surface area contributed by atoms with Crippen LogP contribution in [0.3, 0.4) is 0 Å². The largest absolute Gasteiger partial charge is 0.452 e. The van der Waals surface area contributed by atoms with E-state index in [1.165, 1.54) is 6.08 Å². The number of rotatable bonds is 5. The Morgan fingerprint density at radius 1 is 0.879 bits per heavy atom. The lowest BCUT2D eigenvalue weighted by Crippen LogP contribution is -2.52. The van der Waals surface area contributed by atoms with Crippen LogP contribution < -0.4 is 5.32 Å². The van der Waals surface area contributed by atoms with Crippen LogP contribution in [0.5, 0.6) is 0 Å². The lowest BCUT2D eigenvalue weighted by Gasteiger charge is -2.34. The maximum atomic E-state index is 12.4. The second-order valence-electron chi connectivity index (χ2n) is 7.53. The molecule has 2 heterocycles. The number of esters is 1. The van der Waals surface area contributed by atoms with Gasteiger partial charge in [0.05, 0.1) is 11.2 Å². The molecule has 3 amide bonds. The van der Waals surface area contributed by atoms with Crippen molar-refractivity contribution in [3.05, 3.63) is 78.5 Å². The molecule has 0 aliphatic carbocycles. The number of pyridine rings is 1. The first-order valence-electron chi connectivity index (χ1n) is 10.7. The quantitative estimate of drug-likeness (QED) is 0.482. The molecule has 8 nitrogen and oxygen atoms in total. The Hall–Kier alpha value is -4.20. The number of benzene rings is 2. The predicted molar refractivity (Wildman–Crippen MR) is 125 cm³/mol. The van der Waals surface area contributed by atoms with Gasteiger partial charge in [-0.15, -0.1) is 0 Å². The molecule has 1 N–H and O–H groups in total. The van der Waals surface area contributed by atoms with E-state index >= 15 is 0 Å². The van der Waals surface area contributed by atoms with Crippen molar-refractivity contribution in [3.8, 4) is 0 Å². The molecular formula is C25H24N4O4. The lowest BCUT2D eigenvalue weighted by molar-refractivity contribution is -0.148. The number of ether oxygens (including phenoxy) is 1. The Morgan fingerprint density at radius 2 is 1.58 bits per heavy atom. The molecule has 1 aliphatic heterocycles. The third-order valence-electron chi connectivity index (χ3n) is 5.29. The van der Waals surface area contributed by atoms with Crippen LogP contribution in [0.25, 0.3) is 17.0 Å². The molecular weight excluding hydrogens is 420 g/mol. The summed E-state index contributed by atoms with van der Waals surface area (Å²) in [6.07, 6.45) is 2.82. The minimum absolute atomic E-state index is 0.202. The van der Waals surface area contributed by atoms with Gasteiger partial charge in [0.2, 0.25) is 0 Å². The van der Waals surface area contributed by atoms with Crippen molar-refractivity contribution in [1.29, 1.82) is 0 Å². The second-order valence-corrected chi connectivity index (χ2v) is 7.53. The summed E-state index contributed by atoms with van der Waals surface area (Å²) in [5.74, 6) is -0.900. The van der Waals surface area contributed by atoms with Crippen LogP contribution >= 0.6 is 0 Å². The van der Waals surface area contributed by atoms with E-state index in [1.807, 2.05) is 66.7 Å². The molecule has 33 heavy (non-hydrogen) atoms. The van der Waals surface area contributed by atoms with Crippen LogP contribution in [-0.4, -0.2) is 65.5 Å². The second kappa shape index (κ2) is 10.4. The average molecular weight is 444 g/mol. The van der Waals surface area contributed by atoms with Crippen LogP contribution in [0.15, 0.2) is 72.8 Å². The molecule has 0 saturated carbocycles. The van der Waals surface area contributed by atoms with Crippen molar-refractivity contribution < 1.29 is 19.1 Å². The van der Waals surface area contributed by atoms with Gasteiger partial charge in [-0.1, -0.05) is 42.5 Å². The van der Waals surface area contributed by atoms with Crippen molar-refractivity contribution >= 4 is 40.6 Å². The number of aromatic nitrogens is 1. The molecule has 0 atom stereocenters. The summed E-state index contributed by atoms with van der Waals surface area (Å²) >= 11 is 0. The molecule has 168 valence electrons. The van der Waals surface area contributed by atoms with Gasteiger partial charge in [0.15, 0.2) is 6.61 Å². The molecule has 1 saturated heterocycles. The van der Waals surface area contributed by atoms with Crippen LogP contribution in [0, 0.1) is 0 Å². The van der Waals surface area contributed by atoms with Gasteiger partial charge >= 0.3 is 12.0 Å². The molecule has 8 heteroatoms. The van der Waals surface area contributed by atoms with Gasteiger partial charge < -0.3 is 19.9 Å². The van der Waals surface area contributed by atoms with E-state index in [4.69, 9.17) is 4.74 Å². The zero-order valence-electron chi connectivity index (χ0n) is 18.0. The highest BCUT2D eigenvalue weighted by atomic mass is 16.5. The van der Waals surface area contributed by atoms with Crippen LogP contribution in [0.1, 0.15) is 5.69 Å². The summed E-state index contributed by atoms with van der Waals surface area (Å²) in [7, 11) is 0. The van der Waals surface area contributed by atoms with E-state index in [0.29, 0.717) is 31.9 Å². The van der Waals surface area contributed by atoms with Crippen molar-refractivity contribution in [2.45, 2.75) is 0 Å². The number of hydrogen-bond acceptors (Lipinski definition) is 5. The first-order chi connectivity index (χ1) is 16.1. The van der Waals surface area contributed by atoms with Crippen molar-refractivity contribution in [1.82, 2.24) is 14.8 Å². The molecule has 0 bridgehead atoms. The first kappa shape index (κ1) is 22.0. The van der Waals surface area contributed by atoms with Gasteiger partial charge in [-0.3, -0.25) is 4.79 Å². The molecule has 1 aromatic heterocycles. The Labute approximate surface area is 191 Å². The topological polar surface area (TPSA) is 91.8 Å². The Morgan fingerprint density at radius 3 is 2.36 bits per heavy atom. The summed E-state index contributed by atoms with van der Waals surface area (Å²) in [6, 6.07) is 20.4. The molecule has 3 aromatic rings. The zero-order chi connectivity index (χ0) is 23.0. The smallest absolute Gasteiger partial charge is 0.331 e. The van der Waals surface area contributed by atoms with Crippen molar-refractivity contribution in [2.75, 3.05) is 38.1 Å². The minimum atomic E-state index is -0.612. The third-order valence-corrected chi connectivity index (χ3v) is 5.29. The summed E-state index contributed by atoms with van der Waals surface area (Å²) < 4.78 is 5.08. The van der Waals surface area contributed by atoms with E-state index in [1.54, 1.807) is 15.9 Å². The number of fused-ring (bicyclic) bond motifs is 1. The molecule has 2 aromatic carbocycles. The minimum Gasteiger partial charge on any atom is -0.452 e. The Bertz CT molecular complexity index is 1170. The van der Waals surface area contributed by atoms with Gasteiger partial charge in [0.1, 0.15) is 0 Å². The molecule has 0 radical (unpaired) electrons. The lowest BCUT2D eigenvalue weighted by atomic mass is 10.2. The van der Waals surface area contributed by atoms with E-state index < -0.39 is 5.97 Å². The summed E-state index contributed by atoms with van der Waals surface area (Å²) in [5, 5.41) is 3.85. The fourth-order valence-electron chi connectivity index (χ4n) is 3.48. The number of para-hydroxylation sites is 2. The van der Waals surface area contributed by atoms with Gasteiger partial charge in [0, 0.05) is 43.3 Å². The Kier molecular flexibility index (Phi) is 6.94. The van der Waals surface area contributed by atoms with Gasteiger partial charge in [-0.05, 0) is 30.3 Å². The number of nitrogens with zero attached hydrogens (tertiary/aromatic N) is 3. The molecule has 0 spiro atoms. The summed E-state index contributed by atoms with van der Waals surface area (Å²) in [6.45, 7) is 1.24. The van der Waals surface area contributed by atoms with Crippen LogP contribution in [-0.2, 0) is 14.3 Å². The van der Waals surface area contributed by atoms with Crippen molar-refractivity contribution in [2.24, 2.45) is 0 Å². The standard InChI is InChI=1S/C25H24N4O4/c30-23(28-14-16-29(17-15-28)25(32)27-20-7-2-1-3-8-20)18-33-24(31)13-12-21-11-10-19-6-4-5-9-22(19)26-21/h1-13H,14-18H2,(H,27,32)/b13-12+. The maximum absolute atomic E-state index is 12.4. The highest BCUT2D eigenvalue weighted by molar-refractivity contribution is 5.90. The van der Waals surface area contributed by atoms with E-state index in [2.05, 4.69) is 10.3 Å². The number of nitrogens with one attached hydrogen (secondary N) is 1. The summed E-state index contributed by atoms with van der Waals surface area (Å²) in [5.41, 5.74) is 2.18. The molecule has 1 fully saturated rings. The zero-order valence-corrected chi connectivity index (χ0v) is 18.0. The summed E-state index contributed by atoms with van der Waals surface area (Å²) in [4.78, 5) is 44.4. The van der Waals surface area contributed by atoms with Crippen molar-refractivity contribution in [3.63, 3.8) is 0 Å². The highest BCUT2D eigenvalue weighted by Gasteiger charge is 2.24. The van der Waals surface area contributed by atoms with Crippen LogP contribution in [0.2, 0.25) is 0 Å². The fraction of sp³-hybridized carbons (Fsp3) is 0.200. The SMILES string of the molecule is O=C(/C=C/c1ccc2ccccc2n1)OCC(=O)N1CCN(C(=O)Nc2ccccc2)CC1. The van der Waals surface area contributed by atoms with E-state index in [0.717, 1.165) is 16.6 Å². The molecule has 4 rings (SSSR count). The van der Waals surface area contributed by atoms with Gasteiger partial charge in [0.25, 0.3) is 5.91 Å². The predicted octanol–water partition coefficient (Wildman–Crippen LogP) is 3.17. The molecule has 0 unspecified atom stereocenters. The maximum Gasteiger partial charge on any atom is 0.331 e. The number of carbonyl (C=O) groups excluding carboxylic acids is 3. The number of piperazine rings is 1. The number of amides is 3. The number of hydrogen-bond donors (Lipinski definition) is 1. The number of urea groups is 1. The van der Waals surface area contributed by atoms with Gasteiger partial charge in [-0.2, -0.15) is 0 Å². The fourth-order valence-corrected chi connectivity index (χ4v) is 3.48.